The fraction of sp³-hybridized carbons (Fsp3) is 0.556. The van der Waals surface area contributed by atoms with Crippen molar-refractivity contribution in [3.05, 3.63) is 16.1 Å². The molecule has 4 heteroatoms. The summed E-state index contributed by atoms with van der Waals surface area (Å²) in [4.78, 5) is 15.9. The molecule has 0 radical (unpaired) electrons. The number of hydrogen-bond donors (Lipinski definition) is 1. The van der Waals surface area contributed by atoms with Crippen LogP contribution in [0.15, 0.2) is 5.38 Å². The van der Waals surface area contributed by atoms with Crippen molar-refractivity contribution >= 4 is 17.1 Å². The molecule has 1 atom stereocenters. The summed E-state index contributed by atoms with van der Waals surface area (Å²) in [5.41, 5.74) is 0.944. The number of hydrogen-bond acceptors (Lipinski definition) is 4. The first kappa shape index (κ1) is 8.84. The summed E-state index contributed by atoms with van der Waals surface area (Å²) in [5.74, 6) is 0.322. The Hall–Kier alpha value is -0.740. The summed E-state index contributed by atoms with van der Waals surface area (Å²) < 4.78 is 0. The second-order valence-electron chi connectivity index (χ2n) is 3.26. The SMILES string of the molecule is Cc1nc(C2CNCCC2=O)cs1. The highest BCUT2D eigenvalue weighted by Crippen LogP contribution is 2.21. The lowest BCUT2D eigenvalue weighted by molar-refractivity contribution is -0.121. The molecule has 1 aromatic rings. The van der Waals surface area contributed by atoms with Crippen molar-refractivity contribution in [1.29, 1.82) is 0 Å². The molecule has 1 unspecified atom stereocenters. The summed E-state index contributed by atoms with van der Waals surface area (Å²) >= 11 is 1.61. The van der Waals surface area contributed by atoms with Crippen LogP contribution in [-0.2, 0) is 4.79 Å². The Kier molecular flexibility index (Phi) is 2.42. The molecule has 0 aliphatic carbocycles. The van der Waals surface area contributed by atoms with Crippen LogP contribution in [0.4, 0.5) is 0 Å². The molecule has 1 aromatic heterocycles. The standard InChI is InChI=1S/C9H12N2OS/c1-6-11-8(5-13-6)7-4-10-3-2-9(7)12/h5,7,10H,2-4H2,1H3. The van der Waals surface area contributed by atoms with Crippen LogP contribution < -0.4 is 5.32 Å². The van der Waals surface area contributed by atoms with Gasteiger partial charge >= 0.3 is 0 Å². The van der Waals surface area contributed by atoms with Crippen molar-refractivity contribution in [3.63, 3.8) is 0 Å². The third-order valence-corrected chi connectivity index (χ3v) is 3.07. The molecular weight excluding hydrogens is 184 g/mol. The quantitative estimate of drug-likeness (QED) is 0.731. The Bertz CT molecular complexity index is 321. The first-order valence-electron chi connectivity index (χ1n) is 4.43. The summed E-state index contributed by atoms with van der Waals surface area (Å²) in [5, 5.41) is 6.24. The van der Waals surface area contributed by atoms with Crippen LogP contribution in [0.3, 0.4) is 0 Å². The average molecular weight is 196 g/mol. The minimum atomic E-state index is -0.00120. The van der Waals surface area contributed by atoms with Gasteiger partial charge in [0.15, 0.2) is 0 Å². The molecule has 3 nitrogen and oxygen atoms in total. The lowest BCUT2D eigenvalue weighted by Crippen LogP contribution is -2.35. The number of Topliss-reactive ketones (excluding diaryl/α,β-unsaturated/α-hetero) is 1. The fourth-order valence-electron chi connectivity index (χ4n) is 1.56. The zero-order valence-corrected chi connectivity index (χ0v) is 8.36. The number of carbonyl (C=O) groups is 1. The number of aryl methyl sites for hydroxylation is 1. The zero-order chi connectivity index (χ0) is 9.26. The van der Waals surface area contributed by atoms with Gasteiger partial charge in [0.2, 0.25) is 0 Å². The Morgan fingerprint density at radius 3 is 3.15 bits per heavy atom. The van der Waals surface area contributed by atoms with E-state index >= 15 is 0 Å². The van der Waals surface area contributed by atoms with Gasteiger partial charge in [-0.1, -0.05) is 0 Å². The van der Waals surface area contributed by atoms with Gasteiger partial charge in [-0.2, -0.15) is 0 Å². The van der Waals surface area contributed by atoms with Gasteiger partial charge in [-0.15, -0.1) is 11.3 Å². The van der Waals surface area contributed by atoms with E-state index in [1.165, 1.54) is 0 Å². The van der Waals surface area contributed by atoms with Gasteiger partial charge in [-0.3, -0.25) is 4.79 Å². The van der Waals surface area contributed by atoms with Crippen molar-refractivity contribution in [1.82, 2.24) is 10.3 Å². The van der Waals surface area contributed by atoms with Crippen LogP contribution in [-0.4, -0.2) is 23.9 Å². The van der Waals surface area contributed by atoms with E-state index in [4.69, 9.17) is 0 Å². The second-order valence-corrected chi connectivity index (χ2v) is 4.33. The Labute approximate surface area is 81.2 Å². The molecule has 0 saturated carbocycles. The van der Waals surface area contributed by atoms with Gasteiger partial charge in [-0.05, 0) is 6.92 Å². The number of aromatic nitrogens is 1. The minimum absolute atomic E-state index is 0.00120. The molecule has 1 saturated heterocycles. The van der Waals surface area contributed by atoms with E-state index in [-0.39, 0.29) is 5.92 Å². The van der Waals surface area contributed by atoms with Crippen LogP contribution >= 0.6 is 11.3 Å². The number of ketones is 1. The number of carbonyl (C=O) groups excluding carboxylic acids is 1. The molecule has 2 rings (SSSR count). The maximum absolute atomic E-state index is 11.5. The highest BCUT2D eigenvalue weighted by Gasteiger charge is 2.25. The highest BCUT2D eigenvalue weighted by atomic mass is 32.1. The molecule has 1 N–H and O–H groups in total. The van der Waals surface area contributed by atoms with Crippen LogP contribution in [0.2, 0.25) is 0 Å². The van der Waals surface area contributed by atoms with E-state index in [1.54, 1.807) is 11.3 Å². The number of piperidine rings is 1. The third-order valence-electron chi connectivity index (χ3n) is 2.28. The summed E-state index contributed by atoms with van der Waals surface area (Å²) in [7, 11) is 0. The number of nitrogens with one attached hydrogen (secondary N) is 1. The predicted molar refractivity (Wildman–Crippen MR) is 52.1 cm³/mol. The third kappa shape index (κ3) is 1.78. The normalized spacial score (nSPS) is 23.5. The van der Waals surface area contributed by atoms with Gasteiger partial charge < -0.3 is 5.32 Å². The molecule has 0 bridgehead atoms. The van der Waals surface area contributed by atoms with E-state index in [0.717, 1.165) is 23.8 Å². The van der Waals surface area contributed by atoms with E-state index in [2.05, 4.69) is 10.3 Å². The summed E-state index contributed by atoms with van der Waals surface area (Å²) in [6, 6.07) is 0. The van der Waals surface area contributed by atoms with Crippen LogP contribution in [0.5, 0.6) is 0 Å². The van der Waals surface area contributed by atoms with Crippen LogP contribution in [0, 0.1) is 6.92 Å². The maximum Gasteiger partial charge on any atom is 0.144 e. The van der Waals surface area contributed by atoms with Gasteiger partial charge in [0.05, 0.1) is 16.6 Å². The van der Waals surface area contributed by atoms with Crippen LogP contribution in [0.1, 0.15) is 23.0 Å². The molecule has 2 heterocycles. The monoisotopic (exact) mass is 196 g/mol. The van der Waals surface area contributed by atoms with E-state index in [9.17, 15) is 4.79 Å². The van der Waals surface area contributed by atoms with E-state index < -0.39 is 0 Å². The lowest BCUT2D eigenvalue weighted by atomic mass is 9.95. The molecule has 1 fully saturated rings. The van der Waals surface area contributed by atoms with Crippen molar-refractivity contribution < 1.29 is 4.79 Å². The molecular formula is C9H12N2OS. The molecule has 13 heavy (non-hydrogen) atoms. The number of rotatable bonds is 1. The number of nitrogens with zero attached hydrogens (tertiary/aromatic N) is 1. The highest BCUT2D eigenvalue weighted by molar-refractivity contribution is 7.09. The summed E-state index contributed by atoms with van der Waals surface area (Å²) in [6.45, 7) is 3.54. The van der Waals surface area contributed by atoms with Crippen molar-refractivity contribution in [2.75, 3.05) is 13.1 Å². The molecule has 1 aliphatic rings. The number of thiazole rings is 1. The predicted octanol–water partition coefficient (Wildman–Crippen LogP) is 1.10. The van der Waals surface area contributed by atoms with Gasteiger partial charge in [0.25, 0.3) is 0 Å². The van der Waals surface area contributed by atoms with E-state index in [0.29, 0.717) is 12.2 Å². The Balaban J connectivity index is 2.19. The second kappa shape index (κ2) is 3.55. The lowest BCUT2D eigenvalue weighted by Gasteiger charge is -2.19. The van der Waals surface area contributed by atoms with Crippen molar-refractivity contribution in [3.8, 4) is 0 Å². The topological polar surface area (TPSA) is 42.0 Å². The largest absolute Gasteiger partial charge is 0.315 e. The molecule has 1 aliphatic heterocycles. The minimum Gasteiger partial charge on any atom is -0.315 e. The molecule has 0 aromatic carbocycles. The first-order chi connectivity index (χ1) is 6.27. The first-order valence-corrected chi connectivity index (χ1v) is 5.31. The molecule has 70 valence electrons. The maximum atomic E-state index is 11.5. The summed E-state index contributed by atoms with van der Waals surface area (Å²) in [6.07, 6.45) is 0.640. The fourth-order valence-corrected chi connectivity index (χ4v) is 2.22. The molecule has 0 amide bonds. The van der Waals surface area contributed by atoms with Crippen molar-refractivity contribution in [2.45, 2.75) is 19.3 Å². The Morgan fingerprint density at radius 1 is 1.69 bits per heavy atom. The van der Waals surface area contributed by atoms with Gasteiger partial charge in [-0.25, -0.2) is 4.98 Å². The van der Waals surface area contributed by atoms with Gasteiger partial charge in [0.1, 0.15) is 5.78 Å². The molecule has 0 spiro atoms. The van der Waals surface area contributed by atoms with Gasteiger partial charge in [0, 0.05) is 24.9 Å². The van der Waals surface area contributed by atoms with Crippen LogP contribution in [0.25, 0.3) is 0 Å². The van der Waals surface area contributed by atoms with Crippen molar-refractivity contribution in [2.24, 2.45) is 0 Å². The zero-order valence-electron chi connectivity index (χ0n) is 7.54. The van der Waals surface area contributed by atoms with E-state index in [1.807, 2.05) is 12.3 Å². The smallest absolute Gasteiger partial charge is 0.144 e. The Morgan fingerprint density at radius 2 is 2.54 bits per heavy atom. The average Bonchev–Trinajstić information content (AvgIpc) is 2.53.